The minimum Gasteiger partial charge on any atom is -0.469 e. The summed E-state index contributed by atoms with van der Waals surface area (Å²) in [5.41, 5.74) is 9.82. The number of nitrogens with two attached hydrogens (primary N) is 1. The highest BCUT2D eigenvalue weighted by molar-refractivity contribution is 5.92. The molecule has 0 radical (unpaired) electrons. The van der Waals surface area contributed by atoms with Gasteiger partial charge in [-0.05, 0) is 93.1 Å². The third-order valence-corrected chi connectivity index (χ3v) is 10.7. The van der Waals surface area contributed by atoms with Crippen molar-refractivity contribution >= 4 is 34.6 Å². The minimum absolute atomic E-state index is 0.110. The van der Waals surface area contributed by atoms with Gasteiger partial charge in [0.05, 0.1) is 24.2 Å². The van der Waals surface area contributed by atoms with E-state index in [-0.39, 0.29) is 30.9 Å². The summed E-state index contributed by atoms with van der Waals surface area (Å²) in [5, 5.41) is 8.61. The van der Waals surface area contributed by atoms with Gasteiger partial charge in [-0.3, -0.25) is 14.3 Å². The quantitative estimate of drug-likeness (QED) is 0.292. The third kappa shape index (κ3) is 7.72. The van der Waals surface area contributed by atoms with E-state index in [0.717, 1.165) is 80.6 Å². The van der Waals surface area contributed by atoms with Crippen molar-refractivity contribution in [1.29, 1.82) is 0 Å². The van der Waals surface area contributed by atoms with Crippen LogP contribution in [-0.4, -0.2) is 78.5 Å². The maximum absolute atomic E-state index is 12.3. The maximum Gasteiger partial charge on any atom is 0.407 e. The van der Waals surface area contributed by atoms with Crippen LogP contribution in [0.25, 0.3) is 10.9 Å². The van der Waals surface area contributed by atoms with Gasteiger partial charge in [-0.1, -0.05) is 30.3 Å². The lowest BCUT2D eigenvalue weighted by atomic mass is 9.60. The van der Waals surface area contributed by atoms with Crippen LogP contribution in [0.1, 0.15) is 68.5 Å². The summed E-state index contributed by atoms with van der Waals surface area (Å²) in [6, 6.07) is 16.3. The molecule has 1 spiro atoms. The molecule has 0 bridgehead atoms. The van der Waals surface area contributed by atoms with Crippen LogP contribution in [0, 0.1) is 11.3 Å². The number of aromatic nitrogens is 2. The summed E-state index contributed by atoms with van der Waals surface area (Å²) in [5.74, 6) is -0.824. The van der Waals surface area contributed by atoms with Crippen molar-refractivity contribution in [3.63, 3.8) is 0 Å². The number of nitrogens with zero attached hydrogens (tertiary/aromatic N) is 4. The van der Waals surface area contributed by atoms with Gasteiger partial charge in [0, 0.05) is 50.2 Å². The molecule has 3 fully saturated rings. The van der Waals surface area contributed by atoms with Crippen molar-refractivity contribution in [1.82, 2.24) is 20.0 Å². The predicted octanol–water partition coefficient (Wildman–Crippen LogP) is 4.48. The number of amides is 2. The van der Waals surface area contributed by atoms with Gasteiger partial charge < -0.3 is 30.3 Å². The number of fused-ring (bicyclic) bond motifs is 1. The van der Waals surface area contributed by atoms with Gasteiger partial charge in [0.2, 0.25) is 5.91 Å². The number of methoxy groups -OCH3 is 1. The van der Waals surface area contributed by atoms with Crippen molar-refractivity contribution in [3.05, 3.63) is 59.8 Å². The van der Waals surface area contributed by atoms with E-state index >= 15 is 0 Å². The lowest BCUT2D eigenvalue weighted by Crippen LogP contribution is -2.55. The van der Waals surface area contributed by atoms with Crippen LogP contribution in [0.3, 0.4) is 0 Å². The van der Waals surface area contributed by atoms with Crippen molar-refractivity contribution < 1.29 is 23.9 Å². The van der Waals surface area contributed by atoms with E-state index in [2.05, 4.69) is 32.3 Å². The standard InChI is InChI=1S/C36H48N6O5/c1-40-31-20-28(8-9-29(31)33(39-40)30(34(37)44)10-11-32(43)46-2)42-16-12-25(13-17-42)23-41-18-14-36(15-19-41)21-27(22-36)38-35(45)47-24-26-6-4-3-5-7-26/h3-9,20,25,27,30H,10-19,21-24H2,1-2H3,(H2,37,44)(H,38,45). The molecule has 3 aliphatic rings. The molecule has 252 valence electrons. The van der Waals surface area contributed by atoms with E-state index < -0.39 is 11.8 Å². The summed E-state index contributed by atoms with van der Waals surface area (Å²) in [7, 11) is 3.22. The Balaban J connectivity index is 0.938. The second-order valence-corrected chi connectivity index (χ2v) is 13.8. The third-order valence-electron chi connectivity index (χ3n) is 10.7. The number of benzene rings is 2. The lowest BCUT2D eigenvalue weighted by Gasteiger charge is -2.52. The number of nitrogens with one attached hydrogen (secondary N) is 1. The fraction of sp³-hybridized carbons (Fsp3) is 0.556. The number of anilines is 1. The van der Waals surface area contributed by atoms with Crippen molar-refractivity contribution in [2.75, 3.05) is 44.7 Å². The first-order chi connectivity index (χ1) is 22.7. The van der Waals surface area contributed by atoms with E-state index in [1.807, 2.05) is 43.4 Å². The first-order valence-electron chi connectivity index (χ1n) is 17.0. The largest absolute Gasteiger partial charge is 0.469 e. The number of likely N-dealkylation sites (tertiary alicyclic amines) is 1. The normalized spacial score (nSPS) is 19.3. The number of rotatable bonds is 11. The van der Waals surface area contributed by atoms with Crippen LogP contribution in [0.4, 0.5) is 10.5 Å². The molecule has 1 atom stereocenters. The molecule has 1 saturated carbocycles. The molecule has 11 heteroatoms. The first kappa shape index (κ1) is 32.8. The van der Waals surface area contributed by atoms with E-state index in [0.29, 0.717) is 23.6 Å². The maximum atomic E-state index is 12.3. The predicted molar refractivity (Wildman–Crippen MR) is 180 cm³/mol. The van der Waals surface area contributed by atoms with E-state index in [1.54, 1.807) is 4.68 Å². The Hall–Kier alpha value is -4.12. The number of hydrogen-bond acceptors (Lipinski definition) is 8. The summed E-state index contributed by atoms with van der Waals surface area (Å²) >= 11 is 0. The Bertz CT molecular complexity index is 1550. The fourth-order valence-electron chi connectivity index (χ4n) is 7.88. The van der Waals surface area contributed by atoms with Crippen molar-refractivity contribution in [2.45, 2.75) is 69.9 Å². The molecule has 1 aromatic heterocycles. The molecule has 3 N–H and O–H groups in total. The average molecular weight is 645 g/mol. The van der Waals surface area contributed by atoms with Gasteiger partial charge in [-0.2, -0.15) is 5.10 Å². The molecule has 2 aliphatic heterocycles. The number of hydrogen-bond donors (Lipinski definition) is 2. The fourth-order valence-corrected chi connectivity index (χ4v) is 7.88. The molecule has 11 nitrogen and oxygen atoms in total. The molecule has 3 aromatic rings. The van der Waals surface area contributed by atoms with Gasteiger partial charge in [-0.25, -0.2) is 4.79 Å². The van der Waals surface area contributed by atoms with Crippen LogP contribution in [-0.2, 0) is 32.7 Å². The monoisotopic (exact) mass is 644 g/mol. The molecule has 2 aromatic carbocycles. The van der Waals surface area contributed by atoms with Crippen LogP contribution in [0.15, 0.2) is 48.5 Å². The lowest BCUT2D eigenvalue weighted by molar-refractivity contribution is -0.140. The Morgan fingerprint density at radius 1 is 1.04 bits per heavy atom. The zero-order valence-corrected chi connectivity index (χ0v) is 27.7. The van der Waals surface area contributed by atoms with Crippen LogP contribution < -0.4 is 16.0 Å². The first-order valence-corrected chi connectivity index (χ1v) is 17.0. The van der Waals surface area contributed by atoms with E-state index in [4.69, 9.17) is 15.2 Å². The zero-order valence-electron chi connectivity index (χ0n) is 27.7. The molecular formula is C36H48N6O5. The number of alkyl carbamates (subject to hydrolysis) is 1. The number of esters is 1. The van der Waals surface area contributed by atoms with Gasteiger partial charge in [0.25, 0.3) is 0 Å². The summed E-state index contributed by atoms with van der Waals surface area (Å²) < 4.78 is 12.0. The van der Waals surface area contributed by atoms with Crippen molar-refractivity contribution in [2.24, 2.45) is 24.1 Å². The summed E-state index contributed by atoms with van der Waals surface area (Å²) in [6.45, 7) is 5.75. The molecule has 6 rings (SSSR count). The topological polar surface area (TPSA) is 132 Å². The highest BCUT2D eigenvalue weighted by Gasteiger charge is 2.46. The molecular weight excluding hydrogens is 596 g/mol. The molecule has 2 saturated heterocycles. The Morgan fingerprint density at radius 3 is 2.45 bits per heavy atom. The number of carbonyl (C=O) groups is 3. The van der Waals surface area contributed by atoms with Crippen LogP contribution in [0.5, 0.6) is 0 Å². The van der Waals surface area contributed by atoms with Gasteiger partial charge in [0.15, 0.2) is 0 Å². The smallest absolute Gasteiger partial charge is 0.407 e. The molecule has 47 heavy (non-hydrogen) atoms. The van der Waals surface area contributed by atoms with Gasteiger partial charge >= 0.3 is 12.1 Å². The second kappa shape index (κ2) is 14.3. The van der Waals surface area contributed by atoms with Crippen molar-refractivity contribution in [3.8, 4) is 0 Å². The van der Waals surface area contributed by atoms with Crippen LogP contribution >= 0.6 is 0 Å². The van der Waals surface area contributed by atoms with Gasteiger partial charge in [0.1, 0.15) is 6.61 Å². The number of primary amides is 1. The number of carbonyl (C=O) groups excluding carboxylic acids is 3. The second-order valence-electron chi connectivity index (χ2n) is 13.8. The molecule has 1 unspecified atom stereocenters. The molecule has 3 heterocycles. The minimum atomic E-state index is -0.652. The van der Waals surface area contributed by atoms with Crippen LogP contribution in [0.2, 0.25) is 0 Å². The zero-order chi connectivity index (χ0) is 33.0. The Labute approximate surface area is 276 Å². The number of aryl methyl sites for hydroxylation is 1. The molecule has 1 aliphatic carbocycles. The summed E-state index contributed by atoms with van der Waals surface area (Å²) in [4.78, 5) is 41.4. The van der Waals surface area contributed by atoms with E-state index in [1.165, 1.54) is 20.0 Å². The van der Waals surface area contributed by atoms with Gasteiger partial charge in [-0.15, -0.1) is 0 Å². The Kier molecular flexibility index (Phi) is 10.0. The molecule has 2 amide bonds. The highest BCUT2D eigenvalue weighted by atomic mass is 16.5. The average Bonchev–Trinajstić information content (AvgIpc) is 3.39. The highest BCUT2D eigenvalue weighted by Crippen LogP contribution is 2.49. The SMILES string of the molecule is COC(=O)CCC(C(N)=O)c1nn(C)c2cc(N3CCC(CN4CCC5(CC4)CC(NC(=O)OCc4ccccc4)C5)CC3)ccc12. The Morgan fingerprint density at radius 2 is 1.77 bits per heavy atom. The summed E-state index contributed by atoms with van der Waals surface area (Å²) in [6.07, 6.45) is 6.90. The van der Waals surface area contributed by atoms with E-state index in [9.17, 15) is 14.4 Å². The number of ether oxygens (including phenoxy) is 2. The number of piperidine rings is 2.